The average Bonchev–Trinajstić information content (AvgIpc) is 2.17. The lowest BCUT2D eigenvalue weighted by molar-refractivity contribution is -0.142. The molecule has 0 fully saturated rings. The van der Waals surface area contributed by atoms with E-state index < -0.39 is 12.0 Å². The van der Waals surface area contributed by atoms with Gasteiger partial charge < -0.3 is 10.5 Å². The molecule has 1 aromatic rings. The van der Waals surface area contributed by atoms with Crippen molar-refractivity contribution in [3.05, 3.63) is 35.9 Å². The molecular weight excluding hydrogens is 190 g/mol. The number of benzene rings is 1. The molecule has 0 aliphatic heterocycles. The summed E-state index contributed by atoms with van der Waals surface area (Å²) in [7, 11) is 1.32. The molecule has 0 radical (unpaired) electrons. The van der Waals surface area contributed by atoms with Crippen LogP contribution in [0.5, 0.6) is 0 Å². The smallest absolute Gasteiger partial charge is 0.327 e. The van der Waals surface area contributed by atoms with Crippen molar-refractivity contribution in [2.75, 3.05) is 7.11 Å². The molecule has 0 amide bonds. The van der Waals surface area contributed by atoms with Gasteiger partial charge >= 0.3 is 5.97 Å². The summed E-state index contributed by atoms with van der Waals surface area (Å²) < 4.78 is 4.50. The van der Waals surface area contributed by atoms with Crippen molar-refractivity contribution in [2.45, 2.75) is 6.04 Å². The molecule has 1 aromatic carbocycles. The highest BCUT2D eigenvalue weighted by molar-refractivity contribution is 5.85. The lowest BCUT2D eigenvalue weighted by Gasteiger charge is -2.08. The predicted molar refractivity (Wildman–Crippen MR) is 52.6 cm³/mol. The summed E-state index contributed by atoms with van der Waals surface area (Å²) >= 11 is 0. The number of carbonyl (C=O) groups excluding carboxylic acids is 1. The number of methoxy groups -OCH3 is 1. The monoisotopic (exact) mass is 201 g/mol. The zero-order valence-corrected chi connectivity index (χ0v) is 8.08. The number of halogens is 1. The molecule has 4 heteroatoms. The molecule has 0 spiro atoms. The molecule has 0 aromatic heterocycles. The first-order chi connectivity index (χ1) is 5.75. The molecule has 0 aliphatic carbocycles. The van der Waals surface area contributed by atoms with Crippen LogP contribution in [0, 0.1) is 0 Å². The van der Waals surface area contributed by atoms with Gasteiger partial charge in [-0.25, -0.2) is 0 Å². The third-order valence-corrected chi connectivity index (χ3v) is 1.61. The highest BCUT2D eigenvalue weighted by atomic mass is 35.5. The molecule has 3 nitrogen and oxygen atoms in total. The van der Waals surface area contributed by atoms with Crippen LogP contribution >= 0.6 is 12.4 Å². The predicted octanol–water partition coefficient (Wildman–Crippen LogP) is 1.28. The van der Waals surface area contributed by atoms with E-state index in [1.54, 1.807) is 12.1 Å². The minimum absolute atomic E-state index is 0. The lowest BCUT2D eigenvalue weighted by Crippen LogP contribution is -2.22. The minimum Gasteiger partial charge on any atom is -0.468 e. The fraction of sp³-hybridized carbons (Fsp3) is 0.222. The molecule has 1 rings (SSSR count). The van der Waals surface area contributed by atoms with E-state index in [1.807, 2.05) is 18.2 Å². The summed E-state index contributed by atoms with van der Waals surface area (Å²) in [6.07, 6.45) is 0. The van der Waals surface area contributed by atoms with Gasteiger partial charge in [0.15, 0.2) is 0 Å². The second-order valence-electron chi connectivity index (χ2n) is 2.41. The highest BCUT2D eigenvalue weighted by Crippen LogP contribution is 2.09. The summed E-state index contributed by atoms with van der Waals surface area (Å²) in [6.45, 7) is 0. The van der Waals surface area contributed by atoms with Crippen molar-refractivity contribution >= 4 is 18.4 Å². The lowest BCUT2D eigenvalue weighted by atomic mass is 10.1. The number of nitrogens with two attached hydrogens (primary N) is 1. The maximum atomic E-state index is 11.0. The van der Waals surface area contributed by atoms with E-state index in [4.69, 9.17) is 5.73 Å². The first-order valence-electron chi connectivity index (χ1n) is 3.64. The zero-order valence-electron chi connectivity index (χ0n) is 7.27. The summed E-state index contributed by atoms with van der Waals surface area (Å²) in [5.74, 6) is -0.416. The van der Waals surface area contributed by atoms with Gasteiger partial charge in [0.2, 0.25) is 0 Å². The van der Waals surface area contributed by atoms with Gasteiger partial charge in [-0.05, 0) is 5.56 Å². The Hall–Kier alpha value is -1.06. The van der Waals surface area contributed by atoms with Crippen LogP contribution in [-0.4, -0.2) is 13.1 Å². The Bertz CT molecular complexity index is 264. The molecule has 0 bridgehead atoms. The summed E-state index contributed by atoms with van der Waals surface area (Å²) in [6, 6.07) is 8.45. The van der Waals surface area contributed by atoms with Crippen molar-refractivity contribution in [3.63, 3.8) is 0 Å². The van der Waals surface area contributed by atoms with Crippen LogP contribution in [0.2, 0.25) is 0 Å². The van der Waals surface area contributed by atoms with Gasteiger partial charge in [-0.15, -0.1) is 12.4 Å². The number of esters is 1. The second-order valence-corrected chi connectivity index (χ2v) is 2.41. The van der Waals surface area contributed by atoms with Crippen LogP contribution in [0.4, 0.5) is 0 Å². The first kappa shape index (κ1) is 11.9. The van der Waals surface area contributed by atoms with E-state index in [9.17, 15) is 4.79 Å². The van der Waals surface area contributed by atoms with Crippen molar-refractivity contribution in [1.29, 1.82) is 0 Å². The number of hydrogen-bond acceptors (Lipinski definition) is 3. The average molecular weight is 202 g/mol. The van der Waals surface area contributed by atoms with E-state index in [2.05, 4.69) is 4.74 Å². The summed E-state index contributed by atoms with van der Waals surface area (Å²) in [5.41, 5.74) is 6.34. The van der Waals surface area contributed by atoms with Gasteiger partial charge in [0.25, 0.3) is 0 Å². The molecule has 2 N–H and O–H groups in total. The largest absolute Gasteiger partial charge is 0.468 e. The van der Waals surface area contributed by atoms with Gasteiger partial charge in [0.1, 0.15) is 6.04 Å². The maximum absolute atomic E-state index is 11.0. The van der Waals surface area contributed by atoms with E-state index in [1.165, 1.54) is 7.11 Å². The Kier molecular flexibility index (Phi) is 5.11. The SMILES string of the molecule is COC(=O)[C@H](N)c1ccccc1.Cl. The van der Waals surface area contributed by atoms with Crippen LogP contribution in [0.15, 0.2) is 30.3 Å². The van der Waals surface area contributed by atoms with Crippen molar-refractivity contribution in [1.82, 2.24) is 0 Å². The van der Waals surface area contributed by atoms with Gasteiger partial charge in [-0.3, -0.25) is 4.79 Å². The summed E-state index contributed by atoms with van der Waals surface area (Å²) in [4.78, 5) is 11.0. The van der Waals surface area contributed by atoms with Gasteiger partial charge in [-0.1, -0.05) is 30.3 Å². The quantitative estimate of drug-likeness (QED) is 0.734. The molecule has 0 aliphatic rings. The highest BCUT2D eigenvalue weighted by Gasteiger charge is 2.14. The minimum atomic E-state index is -0.670. The summed E-state index contributed by atoms with van der Waals surface area (Å²) in [5, 5.41) is 0. The molecule has 1 atom stereocenters. The van der Waals surface area contributed by atoms with Crippen LogP contribution < -0.4 is 5.73 Å². The van der Waals surface area contributed by atoms with Crippen LogP contribution in [-0.2, 0) is 9.53 Å². The molecule has 72 valence electrons. The van der Waals surface area contributed by atoms with E-state index in [0.29, 0.717) is 0 Å². The van der Waals surface area contributed by atoms with Crippen LogP contribution in [0.3, 0.4) is 0 Å². The number of hydrogen-bond donors (Lipinski definition) is 1. The Balaban J connectivity index is 0.00000144. The van der Waals surface area contributed by atoms with E-state index >= 15 is 0 Å². The standard InChI is InChI=1S/C9H11NO2.ClH/c1-12-9(11)8(10)7-5-3-2-4-6-7;/h2-6,8H,10H2,1H3;1H/t8-;/m1./s1. The van der Waals surface area contributed by atoms with Gasteiger partial charge in [0.05, 0.1) is 7.11 Å². The Labute approximate surface area is 83.3 Å². The molecule has 0 saturated carbocycles. The molecule has 0 heterocycles. The topological polar surface area (TPSA) is 52.3 Å². The Morgan fingerprint density at radius 2 is 1.92 bits per heavy atom. The second kappa shape index (κ2) is 5.56. The third-order valence-electron chi connectivity index (χ3n) is 1.61. The number of carbonyl (C=O) groups is 1. The fourth-order valence-corrected chi connectivity index (χ4v) is 0.923. The van der Waals surface area contributed by atoms with E-state index in [0.717, 1.165) is 5.56 Å². The Morgan fingerprint density at radius 1 is 1.38 bits per heavy atom. The fourth-order valence-electron chi connectivity index (χ4n) is 0.923. The molecule has 13 heavy (non-hydrogen) atoms. The van der Waals surface area contributed by atoms with Crippen LogP contribution in [0.25, 0.3) is 0 Å². The van der Waals surface area contributed by atoms with E-state index in [-0.39, 0.29) is 12.4 Å². The number of ether oxygens (including phenoxy) is 1. The third kappa shape index (κ3) is 3.05. The molecular formula is C9H12ClNO2. The van der Waals surface area contributed by atoms with Gasteiger partial charge in [-0.2, -0.15) is 0 Å². The number of rotatable bonds is 2. The van der Waals surface area contributed by atoms with Crippen LogP contribution in [0.1, 0.15) is 11.6 Å². The molecule has 0 saturated heterocycles. The van der Waals surface area contributed by atoms with Crippen molar-refractivity contribution in [2.24, 2.45) is 5.73 Å². The van der Waals surface area contributed by atoms with Crippen molar-refractivity contribution < 1.29 is 9.53 Å². The normalized spacial score (nSPS) is 11.2. The Morgan fingerprint density at radius 3 is 2.38 bits per heavy atom. The zero-order chi connectivity index (χ0) is 8.97. The molecule has 0 unspecified atom stereocenters. The first-order valence-corrected chi connectivity index (χ1v) is 3.64. The van der Waals surface area contributed by atoms with Gasteiger partial charge in [0, 0.05) is 0 Å². The maximum Gasteiger partial charge on any atom is 0.327 e. The van der Waals surface area contributed by atoms with Crippen molar-refractivity contribution in [3.8, 4) is 0 Å².